The molecule has 1 heterocycles. The number of thiazole rings is 1. The molecule has 0 aliphatic heterocycles. The lowest BCUT2D eigenvalue weighted by molar-refractivity contribution is 0.419. The molecule has 0 fully saturated rings. The molecule has 2 aromatic carbocycles. The SMILES string of the molecule is COc1cccc2sc(NS(=O)c3ccc(C#N)cc3)nc12. The predicted octanol–water partition coefficient (Wildman–Crippen LogP) is 3.31. The number of ether oxygens (including phenoxy) is 1. The first kappa shape index (κ1) is 14.5. The molecule has 5 nitrogen and oxygen atoms in total. The summed E-state index contributed by atoms with van der Waals surface area (Å²) in [5.74, 6) is 0.686. The van der Waals surface area contributed by atoms with Gasteiger partial charge in [-0.15, -0.1) is 0 Å². The van der Waals surface area contributed by atoms with Crippen LogP contribution in [0.1, 0.15) is 5.56 Å². The fraction of sp³-hybridized carbons (Fsp3) is 0.0667. The summed E-state index contributed by atoms with van der Waals surface area (Å²) in [6.07, 6.45) is 0. The van der Waals surface area contributed by atoms with E-state index < -0.39 is 11.0 Å². The molecule has 3 aromatic rings. The van der Waals surface area contributed by atoms with Gasteiger partial charge in [-0.05, 0) is 36.4 Å². The van der Waals surface area contributed by atoms with E-state index in [1.165, 1.54) is 11.3 Å². The number of hydrogen-bond acceptors (Lipinski definition) is 5. The number of nitrogens with zero attached hydrogens (tertiary/aromatic N) is 2. The smallest absolute Gasteiger partial charge is 0.196 e. The van der Waals surface area contributed by atoms with Crippen molar-refractivity contribution in [3.8, 4) is 11.8 Å². The van der Waals surface area contributed by atoms with Crippen molar-refractivity contribution < 1.29 is 8.95 Å². The third kappa shape index (κ3) is 2.79. The van der Waals surface area contributed by atoms with Crippen LogP contribution in [0.4, 0.5) is 5.13 Å². The van der Waals surface area contributed by atoms with Gasteiger partial charge in [0.2, 0.25) is 0 Å². The Morgan fingerprint density at radius 2 is 2.05 bits per heavy atom. The molecule has 22 heavy (non-hydrogen) atoms. The number of aromatic nitrogens is 1. The molecular formula is C15H11N3O2S2. The molecule has 0 saturated carbocycles. The quantitative estimate of drug-likeness (QED) is 0.797. The number of rotatable bonds is 4. The van der Waals surface area contributed by atoms with Crippen LogP contribution in [0.3, 0.4) is 0 Å². The molecule has 1 atom stereocenters. The van der Waals surface area contributed by atoms with E-state index in [0.29, 0.717) is 21.3 Å². The molecular weight excluding hydrogens is 318 g/mol. The zero-order valence-corrected chi connectivity index (χ0v) is 13.2. The molecule has 1 unspecified atom stereocenters. The van der Waals surface area contributed by atoms with Gasteiger partial charge in [-0.2, -0.15) is 5.26 Å². The lowest BCUT2D eigenvalue weighted by Crippen LogP contribution is -2.04. The van der Waals surface area contributed by atoms with Gasteiger partial charge in [0.25, 0.3) is 0 Å². The molecule has 0 bridgehead atoms. The highest BCUT2D eigenvalue weighted by atomic mass is 32.2. The number of fused-ring (bicyclic) bond motifs is 1. The van der Waals surface area contributed by atoms with Crippen molar-refractivity contribution in [3.05, 3.63) is 48.0 Å². The summed E-state index contributed by atoms with van der Waals surface area (Å²) in [6, 6.07) is 14.3. The summed E-state index contributed by atoms with van der Waals surface area (Å²) >= 11 is 1.41. The van der Waals surface area contributed by atoms with E-state index in [-0.39, 0.29) is 0 Å². The van der Waals surface area contributed by atoms with Crippen LogP contribution in [-0.2, 0) is 11.0 Å². The van der Waals surface area contributed by atoms with E-state index in [0.717, 1.165) is 10.2 Å². The summed E-state index contributed by atoms with van der Waals surface area (Å²) in [5.41, 5.74) is 1.28. The highest BCUT2D eigenvalue weighted by molar-refractivity contribution is 7.86. The Balaban J connectivity index is 1.86. The molecule has 0 saturated heterocycles. The zero-order valence-electron chi connectivity index (χ0n) is 11.6. The molecule has 7 heteroatoms. The Bertz CT molecular complexity index is 882. The topological polar surface area (TPSA) is 75.0 Å². The fourth-order valence-electron chi connectivity index (χ4n) is 1.92. The van der Waals surface area contributed by atoms with Gasteiger partial charge in [-0.1, -0.05) is 17.4 Å². The van der Waals surface area contributed by atoms with Crippen LogP contribution in [0.25, 0.3) is 10.2 Å². The lowest BCUT2D eigenvalue weighted by atomic mass is 10.2. The molecule has 1 aromatic heterocycles. The Hall–Kier alpha value is -2.43. The zero-order chi connectivity index (χ0) is 15.5. The highest BCUT2D eigenvalue weighted by Gasteiger charge is 2.11. The number of para-hydroxylation sites is 1. The third-order valence-corrected chi connectivity index (χ3v) is 5.12. The molecule has 0 aliphatic carbocycles. The number of hydrogen-bond donors (Lipinski definition) is 1. The number of methoxy groups -OCH3 is 1. The summed E-state index contributed by atoms with van der Waals surface area (Å²) in [6.45, 7) is 0. The Kier molecular flexibility index (Phi) is 4.04. The number of anilines is 1. The Morgan fingerprint density at radius 3 is 2.73 bits per heavy atom. The molecule has 0 radical (unpaired) electrons. The van der Waals surface area contributed by atoms with Crippen molar-refractivity contribution in [2.45, 2.75) is 4.90 Å². The maximum absolute atomic E-state index is 12.3. The summed E-state index contributed by atoms with van der Waals surface area (Å²) in [7, 11) is 0.161. The van der Waals surface area contributed by atoms with E-state index in [2.05, 4.69) is 9.71 Å². The third-order valence-electron chi connectivity index (χ3n) is 2.98. The minimum atomic E-state index is -1.43. The van der Waals surface area contributed by atoms with E-state index in [1.807, 2.05) is 24.3 Å². The molecule has 0 amide bonds. The van der Waals surface area contributed by atoms with Crippen molar-refractivity contribution in [1.29, 1.82) is 5.26 Å². The van der Waals surface area contributed by atoms with Crippen molar-refractivity contribution in [3.63, 3.8) is 0 Å². The van der Waals surface area contributed by atoms with Crippen molar-refractivity contribution in [2.24, 2.45) is 0 Å². The highest BCUT2D eigenvalue weighted by Crippen LogP contribution is 2.32. The van der Waals surface area contributed by atoms with Crippen molar-refractivity contribution in [1.82, 2.24) is 4.98 Å². The van der Waals surface area contributed by atoms with Gasteiger partial charge >= 0.3 is 0 Å². The standard InChI is InChI=1S/C15H11N3O2S2/c1-20-12-3-2-4-13-14(12)17-15(21-13)18-22(19)11-7-5-10(9-16)6-8-11/h2-8H,1H3,(H,17,18). The second-order valence-electron chi connectivity index (χ2n) is 4.33. The van der Waals surface area contributed by atoms with E-state index in [4.69, 9.17) is 10.00 Å². The largest absolute Gasteiger partial charge is 0.494 e. The Morgan fingerprint density at radius 1 is 1.27 bits per heavy atom. The maximum atomic E-state index is 12.3. The fourth-order valence-corrected chi connectivity index (χ4v) is 3.76. The second-order valence-corrected chi connectivity index (χ2v) is 6.58. The van der Waals surface area contributed by atoms with Gasteiger partial charge < -0.3 is 4.74 Å². The number of nitriles is 1. The normalized spacial score (nSPS) is 11.8. The Labute approximate surface area is 133 Å². The second kappa shape index (κ2) is 6.13. The van der Waals surface area contributed by atoms with Gasteiger partial charge in [0, 0.05) is 0 Å². The molecule has 3 rings (SSSR count). The van der Waals surface area contributed by atoms with Gasteiger partial charge in [-0.25, -0.2) is 9.19 Å². The summed E-state index contributed by atoms with van der Waals surface area (Å²) < 4.78 is 21.4. The number of nitrogens with one attached hydrogen (secondary N) is 1. The molecule has 110 valence electrons. The molecule has 0 spiro atoms. The van der Waals surface area contributed by atoms with Crippen LogP contribution in [0, 0.1) is 11.3 Å². The van der Waals surface area contributed by atoms with Gasteiger partial charge in [0.1, 0.15) is 11.3 Å². The van der Waals surface area contributed by atoms with Crippen molar-refractivity contribution in [2.75, 3.05) is 11.8 Å². The van der Waals surface area contributed by atoms with Crippen LogP contribution in [0.5, 0.6) is 5.75 Å². The van der Waals surface area contributed by atoms with Gasteiger partial charge in [0.05, 0.1) is 28.3 Å². The summed E-state index contributed by atoms with van der Waals surface area (Å²) in [5, 5.41) is 9.33. The van der Waals surface area contributed by atoms with Crippen LogP contribution < -0.4 is 9.46 Å². The first-order chi connectivity index (χ1) is 10.7. The maximum Gasteiger partial charge on any atom is 0.196 e. The molecule has 1 N–H and O–H groups in total. The predicted molar refractivity (Wildman–Crippen MR) is 87.4 cm³/mol. The minimum Gasteiger partial charge on any atom is -0.494 e. The first-order valence-electron chi connectivity index (χ1n) is 6.33. The minimum absolute atomic E-state index is 0.533. The van der Waals surface area contributed by atoms with E-state index >= 15 is 0 Å². The monoisotopic (exact) mass is 329 g/mol. The average molecular weight is 329 g/mol. The van der Waals surface area contributed by atoms with Gasteiger partial charge in [0.15, 0.2) is 16.1 Å². The van der Waals surface area contributed by atoms with E-state index in [1.54, 1.807) is 31.4 Å². The summed E-state index contributed by atoms with van der Waals surface area (Å²) in [4.78, 5) is 5.01. The van der Waals surface area contributed by atoms with Gasteiger partial charge in [-0.3, -0.25) is 4.72 Å². The average Bonchev–Trinajstić information content (AvgIpc) is 2.97. The van der Waals surface area contributed by atoms with E-state index in [9.17, 15) is 4.21 Å². The van der Waals surface area contributed by atoms with Crippen LogP contribution >= 0.6 is 11.3 Å². The molecule has 0 aliphatic rings. The van der Waals surface area contributed by atoms with Crippen LogP contribution in [-0.4, -0.2) is 16.3 Å². The van der Waals surface area contributed by atoms with Crippen LogP contribution in [0.2, 0.25) is 0 Å². The number of benzene rings is 2. The first-order valence-corrected chi connectivity index (χ1v) is 8.30. The van der Waals surface area contributed by atoms with Crippen LogP contribution in [0.15, 0.2) is 47.4 Å². The van der Waals surface area contributed by atoms with Crippen molar-refractivity contribution >= 4 is 37.7 Å². The lowest BCUT2D eigenvalue weighted by Gasteiger charge is -2.02.